The fraction of sp³-hybridized carbons (Fsp3) is 0.600. The van der Waals surface area contributed by atoms with E-state index in [2.05, 4.69) is 22.5 Å². The van der Waals surface area contributed by atoms with E-state index in [1.165, 1.54) is 0 Å². The van der Waals surface area contributed by atoms with Gasteiger partial charge in [-0.3, -0.25) is 4.79 Å². The van der Waals surface area contributed by atoms with E-state index in [1.807, 2.05) is 6.92 Å². The molecule has 0 aromatic carbocycles. The summed E-state index contributed by atoms with van der Waals surface area (Å²) in [6.07, 6.45) is 2.67. The number of rotatable bonds is 7. The molecule has 0 aliphatic carbocycles. The molecular weight excluding hydrogens is 270 g/mol. The lowest BCUT2D eigenvalue weighted by molar-refractivity contribution is -0.120. The molecule has 1 aromatic rings. The van der Waals surface area contributed by atoms with Crippen LogP contribution >= 0.6 is 0 Å². The maximum atomic E-state index is 12.4. The minimum Gasteiger partial charge on any atom is -0.476 e. The zero-order valence-corrected chi connectivity index (χ0v) is 12.6. The number of hydrogen-bond donors (Lipinski definition) is 2. The van der Waals surface area contributed by atoms with Gasteiger partial charge in [0.15, 0.2) is 0 Å². The van der Waals surface area contributed by atoms with E-state index in [4.69, 9.17) is 9.47 Å². The summed E-state index contributed by atoms with van der Waals surface area (Å²) in [5, 5.41) is 6.25. The van der Waals surface area contributed by atoms with Gasteiger partial charge in [-0.25, -0.2) is 4.98 Å². The van der Waals surface area contributed by atoms with Crippen molar-refractivity contribution >= 4 is 11.6 Å². The van der Waals surface area contributed by atoms with Gasteiger partial charge in [-0.1, -0.05) is 6.92 Å². The van der Waals surface area contributed by atoms with Gasteiger partial charge < -0.3 is 20.1 Å². The molecule has 2 N–H and O–H groups in total. The van der Waals surface area contributed by atoms with Crippen molar-refractivity contribution in [1.29, 1.82) is 0 Å². The number of nitrogens with zero attached hydrogens (tertiary/aromatic N) is 1. The lowest BCUT2D eigenvalue weighted by Gasteiger charge is -2.19. The van der Waals surface area contributed by atoms with E-state index < -0.39 is 0 Å². The Morgan fingerprint density at radius 2 is 2.33 bits per heavy atom. The van der Waals surface area contributed by atoms with Crippen LogP contribution < -0.4 is 15.4 Å². The number of hydrogen-bond acceptors (Lipinski definition) is 5. The third-order valence-electron chi connectivity index (χ3n) is 3.38. The number of ether oxygens (including phenoxy) is 2. The Balaban J connectivity index is 2.00. The summed E-state index contributed by atoms with van der Waals surface area (Å²) >= 11 is 0. The van der Waals surface area contributed by atoms with Crippen LogP contribution in [0.4, 0.5) is 5.69 Å². The number of anilines is 1. The number of carbonyl (C=O) groups is 1. The smallest absolute Gasteiger partial charge is 0.237 e. The van der Waals surface area contributed by atoms with Crippen LogP contribution in [0.5, 0.6) is 5.88 Å². The van der Waals surface area contributed by atoms with Crippen LogP contribution in [-0.4, -0.2) is 43.3 Å². The Morgan fingerprint density at radius 3 is 3.10 bits per heavy atom. The van der Waals surface area contributed by atoms with Gasteiger partial charge in [0.05, 0.1) is 25.7 Å². The number of nitrogens with one attached hydrogen (secondary N) is 2. The Kier molecular flexibility index (Phi) is 5.95. The average Bonchev–Trinajstić information content (AvgIpc) is 2.96. The van der Waals surface area contributed by atoms with Crippen LogP contribution in [0.15, 0.2) is 18.3 Å². The summed E-state index contributed by atoms with van der Waals surface area (Å²) < 4.78 is 10.9. The van der Waals surface area contributed by atoms with Crippen molar-refractivity contribution in [2.75, 3.05) is 31.7 Å². The summed E-state index contributed by atoms with van der Waals surface area (Å²) in [7, 11) is 0. The molecule has 1 aliphatic heterocycles. The van der Waals surface area contributed by atoms with E-state index in [0.29, 0.717) is 31.4 Å². The van der Waals surface area contributed by atoms with Crippen LogP contribution in [0.3, 0.4) is 0 Å². The molecule has 6 nitrogen and oxygen atoms in total. The molecular formula is C15H23N3O3. The Labute approximate surface area is 125 Å². The second-order valence-corrected chi connectivity index (χ2v) is 4.98. The van der Waals surface area contributed by atoms with Crippen molar-refractivity contribution in [2.45, 2.75) is 26.3 Å². The van der Waals surface area contributed by atoms with Crippen molar-refractivity contribution in [2.24, 2.45) is 5.92 Å². The highest BCUT2D eigenvalue weighted by Gasteiger charge is 2.33. The quantitative estimate of drug-likeness (QED) is 0.796. The predicted octanol–water partition coefficient (Wildman–Crippen LogP) is 1.43. The molecule has 2 heterocycles. The second-order valence-electron chi connectivity index (χ2n) is 4.98. The SMILES string of the molecule is CCCNC1COCC1C(=O)Nc1cccnc1OCC. The molecule has 0 radical (unpaired) electrons. The van der Waals surface area contributed by atoms with Crippen LogP contribution in [0.2, 0.25) is 0 Å². The fourth-order valence-electron chi connectivity index (χ4n) is 2.31. The van der Waals surface area contributed by atoms with Crippen molar-refractivity contribution in [3.05, 3.63) is 18.3 Å². The van der Waals surface area contributed by atoms with Gasteiger partial charge in [-0.2, -0.15) is 0 Å². The highest BCUT2D eigenvalue weighted by molar-refractivity contribution is 5.94. The third kappa shape index (κ3) is 4.15. The van der Waals surface area contributed by atoms with Gasteiger partial charge in [-0.15, -0.1) is 0 Å². The molecule has 21 heavy (non-hydrogen) atoms. The topological polar surface area (TPSA) is 72.5 Å². The van der Waals surface area contributed by atoms with E-state index in [-0.39, 0.29) is 17.9 Å². The van der Waals surface area contributed by atoms with Gasteiger partial charge in [0, 0.05) is 12.2 Å². The molecule has 1 saturated heterocycles. The van der Waals surface area contributed by atoms with Crippen LogP contribution in [0.1, 0.15) is 20.3 Å². The molecule has 1 amide bonds. The molecule has 1 aromatic heterocycles. The summed E-state index contributed by atoms with van der Waals surface area (Å²) in [5.74, 6) is 0.201. The molecule has 2 rings (SSSR count). The van der Waals surface area contributed by atoms with E-state index in [0.717, 1.165) is 13.0 Å². The Hall–Kier alpha value is -1.66. The first-order valence-corrected chi connectivity index (χ1v) is 7.46. The molecule has 0 spiro atoms. The number of amides is 1. The molecule has 0 bridgehead atoms. The summed E-state index contributed by atoms with van der Waals surface area (Å²) in [5.41, 5.74) is 0.602. The molecule has 2 unspecified atom stereocenters. The predicted molar refractivity (Wildman–Crippen MR) is 80.4 cm³/mol. The molecule has 6 heteroatoms. The number of aromatic nitrogens is 1. The van der Waals surface area contributed by atoms with Crippen molar-refractivity contribution in [3.8, 4) is 5.88 Å². The van der Waals surface area contributed by atoms with Crippen molar-refractivity contribution in [3.63, 3.8) is 0 Å². The Morgan fingerprint density at radius 1 is 1.48 bits per heavy atom. The normalized spacial score (nSPS) is 21.2. The first kappa shape index (κ1) is 15.7. The summed E-state index contributed by atoms with van der Waals surface area (Å²) in [4.78, 5) is 16.6. The molecule has 2 atom stereocenters. The van der Waals surface area contributed by atoms with E-state index >= 15 is 0 Å². The molecule has 1 aliphatic rings. The zero-order chi connectivity index (χ0) is 15.1. The van der Waals surface area contributed by atoms with Gasteiger partial charge >= 0.3 is 0 Å². The first-order chi connectivity index (χ1) is 10.3. The third-order valence-corrected chi connectivity index (χ3v) is 3.38. The average molecular weight is 293 g/mol. The monoisotopic (exact) mass is 293 g/mol. The minimum atomic E-state index is -0.189. The van der Waals surface area contributed by atoms with Crippen LogP contribution in [-0.2, 0) is 9.53 Å². The van der Waals surface area contributed by atoms with Crippen LogP contribution in [0, 0.1) is 5.92 Å². The highest BCUT2D eigenvalue weighted by atomic mass is 16.5. The van der Waals surface area contributed by atoms with Gasteiger partial charge in [0.25, 0.3) is 0 Å². The van der Waals surface area contributed by atoms with Gasteiger partial charge in [0.1, 0.15) is 5.69 Å². The number of carbonyl (C=O) groups excluding carboxylic acids is 1. The highest BCUT2D eigenvalue weighted by Crippen LogP contribution is 2.23. The van der Waals surface area contributed by atoms with Crippen molar-refractivity contribution < 1.29 is 14.3 Å². The standard InChI is InChI=1S/C15H23N3O3/c1-3-7-16-13-10-20-9-11(13)14(19)18-12-6-5-8-17-15(12)21-4-2/h5-6,8,11,13,16H,3-4,7,9-10H2,1-2H3,(H,18,19). The number of pyridine rings is 1. The van der Waals surface area contributed by atoms with Crippen molar-refractivity contribution in [1.82, 2.24) is 10.3 Å². The minimum absolute atomic E-state index is 0.0601. The van der Waals surface area contributed by atoms with Gasteiger partial charge in [0.2, 0.25) is 11.8 Å². The van der Waals surface area contributed by atoms with Crippen LogP contribution in [0.25, 0.3) is 0 Å². The first-order valence-electron chi connectivity index (χ1n) is 7.46. The fourth-order valence-corrected chi connectivity index (χ4v) is 2.31. The molecule has 116 valence electrons. The summed E-state index contributed by atoms with van der Waals surface area (Å²) in [6.45, 7) is 6.39. The maximum absolute atomic E-state index is 12.4. The zero-order valence-electron chi connectivity index (χ0n) is 12.6. The largest absolute Gasteiger partial charge is 0.476 e. The molecule has 1 fully saturated rings. The van der Waals surface area contributed by atoms with Gasteiger partial charge in [-0.05, 0) is 32.0 Å². The van der Waals surface area contributed by atoms with E-state index in [1.54, 1.807) is 18.3 Å². The Bertz CT molecular complexity index is 467. The lowest BCUT2D eigenvalue weighted by atomic mass is 10.0. The van der Waals surface area contributed by atoms with E-state index in [9.17, 15) is 4.79 Å². The maximum Gasteiger partial charge on any atom is 0.237 e. The lowest BCUT2D eigenvalue weighted by Crippen LogP contribution is -2.41. The molecule has 0 saturated carbocycles. The second kappa shape index (κ2) is 7.95. The summed E-state index contributed by atoms with van der Waals surface area (Å²) in [6, 6.07) is 3.63.